The molecule has 0 radical (unpaired) electrons. The molecule has 1 unspecified atom stereocenters. The van der Waals surface area contributed by atoms with E-state index in [9.17, 15) is 0 Å². The average molecular weight is 275 g/mol. The molecule has 2 aromatic rings. The van der Waals surface area contributed by atoms with Crippen LogP contribution >= 0.6 is 0 Å². The Morgan fingerprint density at radius 2 is 1.95 bits per heavy atom. The molecule has 0 saturated heterocycles. The second-order valence-corrected chi connectivity index (χ2v) is 5.19. The van der Waals surface area contributed by atoms with Crippen LogP contribution in [0.15, 0.2) is 34.9 Å². The zero-order chi connectivity index (χ0) is 14.5. The van der Waals surface area contributed by atoms with E-state index in [1.54, 1.807) is 7.11 Å². The molecule has 1 aromatic heterocycles. The molecule has 1 aromatic carbocycles. The Balaban J connectivity index is 2.08. The first kappa shape index (κ1) is 14.7. The number of aromatic nitrogens is 2. The molecular formula is C15H21N3O2. The second-order valence-electron chi connectivity index (χ2n) is 5.19. The predicted octanol–water partition coefficient (Wildman–Crippen LogP) is 2.66. The molecule has 0 aliphatic heterocycles. The maximum absolute atomic E-state index is 6.12. The molecule has 2 atom stereocenters. The molecule has 20 heavy (non-hydrogen) atoms. The molecule has 108 valence electrons. The van der Waals surface area contributed by atoms with E-state index in [-0.39, 0.29) is 18.1 Å². The summed E-state index contributed by atoms with van der Waals surface area (Å²) in [5, 5.41) is 3.98. The lowest BCUT2D eigenvalue weighted by atomic mass is 10.1. The number of methoxy groups -OCH3 is 1. The molecule has 1 heterocycles. The van der Waals surface area contributed by atoms with Crippen molar-refractivity contribution in [3.63, 3.8) is 0 Å². The van der Waals surface area contributed by atoms with E-state index < -0.39 is 0 Å². The largest absolute Gasteiger partial charge is 0.373 e. The van der Waals surface area contributed by atoms with E-state index in [4.69, 9.17) is 15.0 Å². The van der Waals surface area contributed by atoms with Crippen molar-refractivity contribution < 1.29 is 9.26 Å². The summed E-state index contributed by atoms with van der Waals surface area (Å²) in [6.07, 6.45) is 0.498. The van der Waals surface area contributed by atoms with Crippen molar-refractivity contribution >= 4 is 0 Å². The maximum atomic E-state index is 6.12. The highest BCUT2D eigenvalue weighted by Crippen LogP contribution is 2.24. The average Bonchev–Trinajstić information content (AvgIpc) is 2.90. The number of hydrogen-bond donors (Lipinski definition) is 1. The quantitative estimate of drug-likeness (QED) is 0.877. The normalized spacial score (nSPS) is 14.4. The molecule has 2 N–H and O–H groups in total. The van der Waals surface area contributed by atoms with Crippen LogP contribution in [0.2, 0.25) is 0 Å². The van der Waals surface area contributed by atoms with E-state index in [0.29, 0.717) is 18.1 Å². The van der Waals surface area contributed by atoms with Crippen LogP contribution in [0.4, 0.5) is 0 Å². The van der Waals surface area contributed by atoms with E-state index in [1.165, 1.54) is 0 Å². The fourth-order valence-electron chi connectivity index (χ4n) is 2.14. The molecule has 0 amide bonds. The van der Waals surface area contributed by atoms with Crippen LogP contribution in [0.3, 0.4) is 0 Å². The first-order chi connectivity index (χ1) is 9.61. The predicted molar refractivity (Wildman–Crippen MR) is 76.0 cm³/mol. The Labute approximate surface area is 119 Å². The maximum Gasteiger partial charge on any atom is 0.243 e. The number of ether oxygens (including phenoxy) is 1. The van der Waals surface area contributed by atoms with Crippen molar-refractivity contribution in [1.82, 2.24) is 10.1 Å². The van der Waals surface area contributed by atoms with Gasteiger partial charge in [-0.15, -0.1) is 0 Å². The lowest BCUT2D eigenvalue weighted by Crippen LogP contribution is -2.15. The van der Waals surface area contributed by atoms with Gasteiger partial charge in [0, 0.05) is 7.11 Å². The molecular weight excluding hydrogens is 254 g/mol. The Bertz CT molecular complexity index is 525. The molecule has 2 rings (SSSR count). The minimum atomic E-state index is -0.302. The van der Waals surface area contributed by atoms with Crippen LogP contribution in [-0.2, 0) is 11.2 Å². The van der Waals surface area contributed by atoms with Crippen LogP contribution in [-0.4, -0.2) is 17.3 Å². The summed E-state index contributed by atoms with van der Waals surface area (Å²) in [6, 6.07) is 9.71. The van der Waals surface area contributed by atoms with Crippen molar-refractivity contribution in [3.8, 4) is 0 Å². The van der Waals surface area contributed by atoms with Crippen molar-refractivity contribution in [1.29, 1.82) is 0 Å². The first-order valence-electron chi connectivity index (χ1n) is 6.77. The van der Waals surface area contributed by atoms with E-state index >= 15 is 0 Å². The topological polar surface area (TPSA) is 74.2 Å². The lowest BCUT2D eigenvalue weighted by molar-refractivity contribution is 0.0555. The zero-order valence-electron chi connectivity index (χ0n) is 12.1. The number of benzene rings is 1. The summed E-state index contributed by atoms with van der Waals surface area (Å²) in [4.78, 5) is 4.37. The van der Waals surface area contributed by atoms with Crippen molar-refractivity contribution in [2.75, 3.05) is 7.11 Å². The van der Waals surface area contributed by atoms with E-state index in [1.807, 2.05) is 44.2 Å². The van der Waals surface area contributed by atoms with Crippen molar-refractivity contribution in [2.24, 2.45) is 11.7 Å². The Kier molecular flexibility index (Phi) is 4.87. The van der Waals surface area contributed by atoms with E-state index in [0.717, 1.165) is 5.56 Å². The van der Waals surface area contributed by atoms with Gasteiger partial charge in [-0.2, -0.15) is 4.98 Å². The number of rotatable bonds is 6. The van der Waals surface area contributed by atoms with Crippen LogP contribution in [0.5, 0.6) is 0 Å². The van der Waals surface area contributed by atoms with Gasteiger partial charge in [-0.25, -0.2) is 0 Å². The highest BCUT2D eigenvalue weighted by Gasteiger charge is 2.23. The second kappa shape index (κ2) is 6.63. The lowest BCUT2D eigenvalue weighted by Gasteiger charge is -2.14. The molecule has 5 nitrogen and oxygen atoms in total. The van der Waals surface area contributed by atoms with Crippen LogP contribution in [0.1, 0.15) is 43.3 Å². The SMILES string of the molecule is COC(c1noc([C@H](N)Cc2ccccc2)n1)C(C)C. The summed E-state index contributed by atoms with van der Waals surface area (Å²) >= 11 is 0. The van der Waals surface area contributed by atoms with Gasteiger partial charge in [-0.05, 0) is 17.9 Å². The smallest absolute Gasteiger partial charge is 0.243 e. The van der Waals surface area contributed by atoms with Gasteiger partial charge in [0.1, 0.15) is 6.10 Å². The summed E-state index contributed by atoms with van der Waals surface area (Å²) in [6.45, 7) is 4.10. The minimum Gasteiger partial charge on any atom is -0.373 e. The Hall–Kier alpha value is -1.72. The first-order valence-corrected chi connectivity index (χ1v) is 6.77. The summed E-state index contributed by atoms with van der Waals surface area (Å²) in [5.74, 6) is 1.28. The summed E-state index contributed by atoms with van der Waals surface area (Å²) in [7, 11) is 1.64. The van der Waals surface area contributed by atoms with Gasteiger partial charge in [0.2, 0.25) is 11.7 Å². The zero-order valence-corrected chi connectivity index (χ0v) is 12.1. The van der Waals surface area contributed by atoms with Crippen LogP contribution < -0.4 is 5.73 Å². The molecule has 5 heteroatoms. The van der Waals surface area contributed by atoms with Gasteiger partial charge in [0.25, 0.3) is 0 Å². The fourth-order valence-corrected chi connectivity index (χ4v) is 2.14. The summed E-state index contributed by atoms with van der Waals surface area (Å²) in [5.41, 5.74) is 7.27. The molecule has 0 aliphatic rings. The molecule has 0 bridgehead atoms. The monoisotopic (exact) mass is 275 g/mol. The molecule has 0 fully saturated rings. The Morgan fingerprint density at radius 3 is 2.55 bits per heavy atom. The van der Waals surface area contributed by atoms with Crippen LogP contribution in [0.25, 0.3) is 0 Å². The molecule has 0 aliphatic carbocycles. The standard InChI is InChI=1S/C15H21N3O2/c1-10(2)13(19-3)14-17-15(20-18-14)12(16)9-11-7-5-4-6-8-11/h4-8,10,12-13H,9,16H2,1-3H3/t12-,13?/m1/s1. The van der Waals surface area contributed by atoms with E-state index in [2.05, 4.69) is 10.1 Å². The third-order valence-corrected chi connectivity index (χ3v) is 3.19. The highest BCUT2D eigenvalue weighted by atomic mass is 16.5. The Morgan fingerprint density at radius 1 is 1.25 bits per heavy atom. The molecule has 0 spiro atoms. The third-order valence-electron chi connectivity index (χ3n) is 3.19. The number of nitrogens with zero attached hydrogens (tertiary/aromatic N) is 2. The third kappa shape index (κ3) is 3.43. The van der Waals surface area contributed by atoms with Gasteiger partial charge in [-0.1, -0.05) is 49.3 Å². The van der Waals surface area contributed by atoms with Gasteiger partial charge in [0.15, 0.2) is 0 Å². The fraction of sp³-hybridized carbons (Fsp3) is 0.467. The van der Waals surface area contributed by atoms with Gasteiger partial charge in [-0.3, -0.25) is 0 Å². The molecule has 0 saturated carbocycles. The van der Waals surface area contributed by atoms with Gasteiger partial charge < -0.3 is 15.0 Å². The summed E-state index contributed by atoms with van der Waals surface area (Å²) < 4.78 is 10.6. The van der Waals surface area contributed by atoms with Crippen molar-refractivity contribution in [2.45, 2.75) is 32.4 Å². The van der Waals surface area contributed by atoms with Crippen molar-refractivity contribution in [3.05, 3.63) is 47.6 Å². The number of nitrogens with two attached hydrogens (primary N) is 1. The number of hydrogen-bond acceptors (Lipinski definition) is 5. The highest BCUT2D eigenvalue weighted by molar-refractivity contribution is 5.16. The van der Waals surface area contributed by atoms with Gasteiger partial charge in [0.05, 0.1) is 6.04 Å². The van der Waals surface area contributed by atoms with Crippen LogP contribution in [0, 0.1) is 5.92 Å². The van der Waals surface area contributed by atoms with Gasteiger partial charge >= 0.3 is 0 Å². The minimum absolute atomic E-state index is 0.170.